The predicted octanol–water partition coefficient (Wildman–Crippen LogP) is 8.44. The minimum atomic E-state index is -0.0261. The molecule has 0 N–H and O–H groups in total. The first-order valence-corrected chi connectivity index (χ1v) is 26.9. The summed E-state index contributed by atoms with van der Waals surface area (Å²) in [5, 5.41) is 2.15. The van der Waals surface area contributed by atoms with Crippen LogP contribution in [0.25, 0.3) is 67.2 Å². The van der Waals surface area contributed by atoms with E-state index in [4.69, 9.17) is 38.9 Å². The van der Waals surface area contributed by atoms with Crippen molar-refractivity contribution >= 4 is 55.9 Å². The summed E-state index contributed by atoms with van der Waals surface area (Å²) in [7, 11) is 6.78. The third kappa shape index (κ3) is 6.20. The van der Waals surface area contributed by atoms with Crippen molar-refractivity contribution in [2.75, 3.05) is 54.7 Å². The van der Waals surface area contributed by atoms with E-state index in [0.717, 1.165) is 112 Å². The molecule has 8 atom stereocenters. The molecule has 5 saturated carbocycles. The topological polar surface area (TPSA) is 149 Å². The van der Waals surface area contributed by atoms with Crippen LogP contribution in [0.4, 0.5) is 0 Å². The van der Waals surface area contributed by atoms with Crippen LogP contribution in [-0.4, -0.2) is 127 Å². The lowest BCUT2D eigenvalue weighted by molar-refractivity contribution is -0.0590. The van der Waals surface area contributed by atoms with Crippen molar-refractivity contribution in [3.63, 3.8) is 0 Å². The Hall–Kier alpha value is -6.78. The maximum absolute atomic E-state index is 14.9. The quantitative estimate of drug-likeness (QED) is 0.0924. The summed E-state index contributed by atoms with van der Waals surface area (Å²) in [5.74, 6) is 6.57. The Bertz CT molecular complexity index is 3660. The molecular formula is C58H62N10O6. The van der Waals surface area contributed by atoms with Gasteiger partial charge in [-0.2, -0.15) is 0 Å². The number of benzene rings is 2. The number of amides is 2. The molecule has 7 aliphatic rings. The van der Waals surface area contributed by atoms with Crippen molar-refractivity contribution in [3.8, 4) is 34.5 Å². The Morgan fingerprint density at radius 1 is 0.676 bits per heavy atom. The third-order valence-corrected chi connectivity index (χ3v) is 19.1. The molecular weight excluding hydrogens is 933 g/mol. The van der Waals surface area contributed by atoms with Gasteiger partial charge < -0.3 is 47.0 Å². The SMILES string of the molecule is CCn1c(-c2nc3cc(C(=O)N4C[C@H]5CC6C[C@@H]4[C@H]65)cc(OC)c3n2CCOC)cc2cc(C34C[C@@H]5CN(C(=O)c6cc(OC)c7c(c6)nc(-c6cc8cccnc8n6CC6CC6)n7CCOC)[C@H](C3)[C@@H]54)cnc21. The van der Waals surface area contributed by atoms with Crippen molar-refractivity contribution in [3.05, 3.63) is 83.7 Å². The highest BCUT2D eigenvalue weighted by Gasteiger charge is 2.71. The number of carbonyl (C=O) groups is 2. The van der Waals surface area contributed by atoms with Crippen LogP contribution in [0.2, 0.25) is 0 Å². The van der Waals surface area contributed by atoms with Gasteiger partial charge in [0, 0.05) is 105 Å². The average molecular weight is 995 g/mol. The number of hydrogen-bond donors (Lipinski definition) is 0. The van der Waals surface area contributed by atoms with E-state index in [1.165, 1.54) is 24.8 Å². The van der Waals surface area contributed by atoms with Gasteiger partial charge in [0.05, 0.1) is 49.9 Å². The Morgan fingerprint density at radius 2 is 1.31 bits per heavy atom. The van der Waals surface area contributed by atoms with Crippen LogP contribution in [0, 0.1) is 35.5 Å². The fourth-order valence-corrected chi connectivity index (χ4v) is 15.5. The number of hydrogen-bond acceptors (Lipinski definition) is 10. The molecule has 7 fully saturated rings. The number of aromatic nitrogens is 8. The largest absolute Gasteiger partial charge is 0.494 e. The first-order valence-electron chi connectivity index (χ1n) is 26.9. The Labute approximate surface area is 428 Å². The third-order valence-electron chi connectivity index (χ3n) is 19.1. The number of methoxy groups -OCH3 is 4. The van der Waals surface area contributed by atoms with Gasteiger partial charge in [0.1, 0.15) is 33.8 Å². The predicted molar refractivity (Wildman–Crippen MR) is 279 cm³/mol. The van der Waals surface area contributed by atoms with E-state index >= 15 is 0 Å². The number of carbonyl (C=O) groups excluding carboxylic acids is 2. The van der Waals surface area contributed by atoms with Gasteiger partial charge in [-0.15, -0.1) is 0 Å². The fraction of sp³-hybridized carbons (Fsp3) is 0.483. The molecule has 2 saturated heterocycles. The van der Waals surface area contributed by atoms with Gasteiger partial charge in [-0.3, -0.25) is 9.59 Å². The molecule has 2 aromatic carbocycles. The molecule has 2 amide bonds. The van der Waals surface area contributed by atoms with E-state index in [1.807, 2.05) is 36.5 Å². The van der Waals surface area contributed by atoms with Crippen molar-refractivity contribution in [2.24, 2.45) is 35.5 Å². The van der Waals surface area contributed by atoms with E-state index in [9.17, 15) is 9.59 Å². The molecule has 0 bridgehead atoms. The molecule has 0 spiro atoms. The van der Waals surface area contributed by atoms with Crippen molar-refractivity contribution in [1.82, 2.24) is 48.0 Å². The van der Waals surface area contributed by atoms with E-state index in [1.54, 1.807) is 28.4 Å². The summed E-state index contributed by atoms with van der Waals surface area (Å²) in [6.07, 6.45) is 10.7. The van der Waals surface area contributed by atoms with Crippen molar-refractivity contribution in [1.29, 1.82) is 0 Å². The van der Waals surface area contributed by atoms with Gasteiger partial charge >= 0.3 is 0 Å². The molecule has 16 heteroatoms. The smallest absolute Gasteiger partial charge is 0.254 e. The molecule has 0 radical (unpaired) electrons. The summed E-state index contributed by atoms with van der Waals surface area (Å²) in [6.45, 7) is 7.43. The number of fused-ring (bicyclic) bond motifs is 4. The number of ether oxygens (including phenoxy) is 4. The number of pyridine rings is 2. The molecule has 6 aromatic heterocycles. The monoisotopic (exact) mass is 994 g/mol. The lowest BCUT2D eigenvalue weighted by Gasteiger charge is -2.63. The van der Waals surface area contributed by atoms with Gasteiger partial charge in [0.25, 0.3) is 11.8 Å². The van der Waals surface area contributed by atoms with Gasteiger partial charge in [0.15, 0.2) is 11.6 Å². The van der Waals surface area contributed by atoms with Crippen molar-refractivity contribution < 1.29 is 28.5 Å². The molecule has 15 rings (SSSR count). The van der Waals surface area contributed by atoms with Crippen LogP contribution in [0.15, 0.2) is 67.0 Å². The summed E-state index contributed by atoms with van der Waals surface area (Å²) in [4.78, 5) is 53.9. The second-order valence-corrected chi connectivity index (χ2v) is 22.6. The average Bonchev–Trinajstić information content (AvgIpc) is 3.66. The molecule has 380 valence electrons. The fourth-order valence-electron chi connectivity index (χ4n) is 15.5. The molecule has 2 unspecified atom stereocenters. The van der Waals surface area contributed by atoms with Crippen LogP contribution in [0.5, 0.6) is 11.5 Å². The molecule has 8 aromatic rings. The Morgan fingerprint density at radius 3 is 1.93 bits per heavy atom. The van der Waals surface area contributed by atoms with Gasteiger partial charge in [-0.05, 0) is 141 Å². The number of nitrogens with zero attached hydrogens (tertiary/aromatic N) is 10. The Balaban J connectivity index is 0.733. The van der Waals surface area contributed by atoms with Gasteiger partial charge in [-0.25, -0.2) is 19.9 Å². The van der Waals surface area contributed by atoms with Gasteiger partial charge in [0.2, 0.25) is 0 Å². The number of imidazole rings is 2. The van der Waals surface area contributed by atoms with E-state index in [2.05, 4.69) is 65.5 Å². The molecule has 5 aliphatic carbocycles. The van der Waals surface area contributed by atoms with Crippen LogP contribution in [-0.2, 0) is 41.1 Å². The highest BCUT2D eigenvalue weighted by molar-refractivity contribution is 6.02. The summed E-state index contributed by atoms with van der Waals surface area (Å²) in [6, 6.07) is 19.1. The number of likely N-dealkylation sites (tertiary alicyclic amines) is 2. The van der Waals surface area contributed by atoms with E-state index < -0.39 is 0 Å². The highest BCUT2D eigenvalue weighted by atomic mass is 16.5. The Kier molecular flexibility index (Phi) is 9.88. The second kappa shape index (κ2) is 16.4. The zero-order valence-electron chi connectivity index (χ0n) is 42.8. The van der Waals surface area contributed by atoms with E-state index in [0.29, 0.717) is 91.1 Å². The lowest BCUT2D eigenvalue weighted by Crippen LogP contribution is -2.65. The molecule has 8 heterocycles. The molecule has 2 aliphatic heterocycles. The molecule has 16 nitrogen and oxygen atoms in total. The summed E-state index contributed by atoms with van der Waals surface area (Å²) >= 11 is 0. The highest BCUT2D eigenvalue weighted by Crippen LogP contribution is 2.70. The lowest BCUT2D eigenvalue weighted by atomic mass is 9.40. The minimum absolute atomic E-state index is 0.0261. The number of aryl methyl sites for hydroxylation is 1. The van der Waals surface area contributed by atoms with Crippen LogP contribution < -0.4 is 9.47 Å². The van der Waals surface area contributed by atoms with E-state index in [-0.39, 0.29) is 23.3 Å². The van der Waals surface area contributed by atoms with Crippen LogP contribution in [0.1, 0.15) is 71.7 Å². The summed E-state index contributed by atoms with van der Waals surface area (Å²) < 4.78 is 32.4. The zero-order valence-corrected chi connectivity index (χ0v) is 42.8. The number of rotatable bonds is 16. The van der Waals surface area contributed by atoms with Crippen LogP contribution in [0.3, 0.4) is 0 Å². The zero-order chi connectivity index (χ0) is 49.9. The standard InChI is InChI=1S/C58H62N10O6/c1-6-63-43(54-61-40-18-35(23-46(73-4)50(40)64(54)12-14-71-2)56(69)67-29-37-16-33-21-42(67)48(33)37)22-34-17-39(27-60-53(34)63)58-25-38-30-68(45(26-58)49(38)58)57(70)36-19-41-51(47(24-36)74-5)65(13-15-72-3)55(62-41)44-20-32-8-7-11-59-52(32)66(44)28-31-9-10-31/h7-8,11,17-20,22-24,27,31,33,37-38,42,45,48-49H,6,9-10,12-16,21,25-26,28-30H2,1-5H3/t33?,37-,38-,42-,45-,48-,49-,58?/m1/s1. The first kappa shape index (κ1) is 44.7. The molecule has 74 heavy (non-hydrogen) atoms. The summed E-state index contributed by atoms with van der Waals surface area (Å²) in [5.41, 5.74) is 9.45. The van der Waals surface area contributed by atoms with Gasteiger partial charge in [-0.1, -0.05) is 0 Å². The van der Waals surface area contributed by atoms with Crippen molar-refractivity contribution in [2.45, 2.75) is 89.1 Å². The minimum Gasteiger partial charge on any atom is -0.494 e. The first-order chi connectivity index (χ1) is 36.2. The second-order valence-electron chi connectivity index (χ2n) is 22.6. The normalized spacial score (nSPS) is 26.1. The maximum Gasteiger partial charge on any atom is 0.254 e. The van der Waals surface area contributed by atoms with Crippen LogP contribution >= 0.6 is 0 Å². The maximum atomic E-state index is 14.9.